The number of amidine groups is 1. The lowest BCUT2D eigenvalue weighted by Crippen LogP contribution is -2.22. The van der Waals surface area contributed by atoms with Crippen molar-refractivity contribution in [1.29, 1.82) is 5.41 Å². The van der Waals surface area contributed by atoms with E-state index in [0.717, 1.165) is 6.26 Å². The van der Waals surface area contributed by atoms with Crippen molar-refractivity contribution in [2.24, 2.45) is 5.73 Å². The molecule has 170 valence electrons. The third kappa shape index (κ3) is 5.57. The molecule has 4 N–H and O–H groups in total. The monoisotopic (exact) mass is 485 g/mol. The minimum absolute atomic E-state index is 0.120. The fraction of sp³-hybridized carbons (Fsp3) is 0.0870. The Morgan fingerprint density at radius 1 is 1.03 bits per heavy atom. The third-order valence-electron chi connectivity index (χ3n) is 4.72. The van der Waals surface area contributed by atoms with Crippen molar-refractivity contribution in [3.8, 4) is 11.1 Å². The third-order valence-corrected chi connectivity index (χ3v) is 5.57. The number of nitrogens with two attached hydrogens (primary N) is 1. The van der Waals surface area contributed by atoms with Crippen LogP contribution in [0, 0.1) is 12.3 Å². The van der Waals surface area contributed by atoms with Crippen LogP contribution in [-0.4, -0.2) is 32.4 Å². The molecule has 3 aromatic rings. The molecule has 10 heteroatoms. The van der Waals surface area contributed by atoms with E-state index < -0.39 is 22.0 Å². The van der Waals surface area contributed by atoms with Crippen LogP contribution in [-0.2, 0) is 14.3 Å². The highest BCUT2D eigenvalue weighted by Gasteiger charge is 2.29. The summed E-state index contributed by atoms with van der Waals surface area (Å²) < 4.78 is 28.0. The number of rotatable bonds is 6. The van der Waals surface area contributed by atoms with E-state index in [1.54, 1.807) is 61.5 Å². The number of nitrogens with one attached hydrogen (secondary N) is 2. The lowest BCUT2D eigenvalue weighted by Gasteiger charge is -2.18. The Balaban J connectivity index is 2.18. The maximum Gasteiger partial charge on any atom is 0.355 e. The Labute approximate surface area is 196 Å². The van der Waals surface area contributed by atoms with Gasteiger partial charge in [-0.1, -0.05) is 41.9 Å². The number of amides is 1. The second kappa shape index (κ2) is 9.43. The molecule has 0 unspecified atom stereocenters. The van der Waals surface area contributed by atoms with Crippen LogP contribution in [0.5, 0.6) is 0 Å². The molecule has 3 rings (SSSR count). The minimum atomic E-state index is -4.15. The molecule has 3 aromatic carbocycles. The van der Waals surface area contributed by atoms with Crippen LogP contribution in [0.2, 0.25) is 5.02 Å². The van der Waals surface area contributed by atoms with E-state index in [0.29, 0.717) is 16.8 Å². The second-order valence-corrected chi connectivity index (χ2v) is 9.15. The summed E-state index contributed by atoms with van der Waals surface area (Å²) in [6.07, 6.45) is 0.742. The number of benzene rings is 3. The number of hydrogen-bond acceptors (Lipinski definition) is 6. The lowest BCUT2D eigenvalue weighted by atomic mass is 9.91. The van der Waals surface area contributed by atoms with Gasteiger partial charge in [0.2, 0.25) is 0 Å². The standard InChI is InChI=1S/C23H20ClN3O5S/c1-13-18(24)12-17(14-6-4-3-5-7-14)20(23(29)32-33(2,30)31)19(13)22(28)27-16-10-8-15(9-11-16)21(25)26/h3-12H,1-2H3,(H3,25,26)(H,27,28). The summed E-state index contributed by atoms with van der Waals surface area (Å²) in [5, 5.41) is 10.3. The number of hydrogen-bond donors (Lipinski definition) is 3. The molecule has 0 aliphatic heterocycles. The summed E-state index contributed by atoms with van der Waals surface area (Å²) in [4.78, 5) is 26.2. The summed E-state index contributed by atoms with van der Waals surface area (Å²) in [7, 11) is -4.15. The van der Waals surface area contributed by atoms with Gasteiger partial charge in [-0.05, 0) is 53.9 Å². The van der Waals surface area contributed by atoms with Crippen molar-refractivity contribution in [3.63, 3.8) is 0 Å². The van der Waals surface area contributed by atoms with Crippen molar-refractivity contribution >= 4 is 45.1 Å². The van der Waals surface area contributed by atoms with E-state index in [2.05, 4.69) is 9.50 Å². The zero-order chi connectivity index (χ0) is 24.3. The van der Waals surface area contributed by atoms with E-state index in [-0.39, 0.29) is 33.1 Å². The van der Waals surface area contributed by atoms with Gasteiger partial charge in [-0.15, -0.1) is 0 Å². The molecule has 33 heavy (non-hydrogen) atoms. The van der Waals surface area contributed by atoms with Gasteiger partial charge in [0, 0.05) is 16.3 Å². The quantitative estimate of drug-likeness (QED) is 0.274. The molecule has 0 atom stereocenters. The highest BCUT2D eigenvalue weighted by molar-refractivity contribution is 7.86. The van der Waals surface area contributed by atoms with E-state index in [4.69, 9.17) is 22.7 Å². The predicted octanol–water partition coefficient (Wildman–Crippen LogP) is 3.97. The molecular weight excluding hydrogens is 466 g/mol. The largest absolute Gasteiger partial charge is 0.384 e. The number of carbonyl (C=O) groups is 2. The van der Waals surface area contributed by atoms with Gasteiger partial charge in [0.25, 0.3) is 5.91 Å². The molecule has 0 spiro atoms. The molecular formula is C23H20ClN3O5S. The Kier molecular flexibility index (Phi) is 6.85. The average Bonchev–Trinajstić information content (AvgIpc) is 2.74. The normalized spacial score (nSPS) is 11.0. The van der Waals surface area contributed by atoms with Crippen LogP contribution < -0.4 is 11.1 Å². The van der Waals surface area contributed by atoms with Gasteiger partial charge in [0.1, 0.15) is 5.84 Å². The van der Waals surface area contributed by atoms with Gasteiger partial charge in [-0.2, -0.15) is 8.42 Å². The van der Waals surface area contributed by atoms with Gasteiger partial charge in [-0.25, -0.2) is 4.79 Å². The van der Waals surface area contributed by atoms with Crippen LogP contribution in [0.25, 0.3) is 11.1 Å². The zero-order valence-electron chi connectivity index (χ0n) is 17.7. The van der Waals surface area contributed by atoms with Gasteiger partial charge >= 0.3 is 16.1 Å². The summed E-state index contributed by atoms with van der Waals surface area (Å²) >= 11 is 6.39. The first-order valence-corrected chi connectivity index (χ1v) is 11.8. The molecule has 8 nitrogen and oxygen atoms in total. The fourth-order valence-electron chi connectivity index (χ4n) is 3.20. The highest BCUT2D eigenvalue weighted by Crippen LogP contribution is 2.34. The summed E-state index contributed by atoms with van der Waals surface area (Å²) in [6, 6.07) is 16.3. The zero-order valence-corrected chi connectivity index (χ0v) is 19.3. The summed E-state index contributed by atoms with van der Waals surface area (Å²) in [5.74, 6) is -2.02. The SMILES string of the molecule is Cc1c(Cl)cc(-c2ccccc2)c(C(=O)OS(C)(=O)=O)c1C(=O)Nc1ccc(C(=N)N)cc1. The minimum Gasteiger partial charge on any atom is -0.384 e. The Morgan fingerprint density at radius 2 is 1.64 bits per heavy atom. The van der Waals surface area contributed by atoms with Crippen LogP contribution in [0.3, 0.4) is 0 Å². The first-order chi connectivity index (χ1) is 15.5. The summed E-state index contributed by atoms with van der Waals surface area (Å²) in [5.41, 5.74) is 7.00. The predicted molar refractivity (Wildman–Crippen MR) is 127 cm³/mol. The Morgan fingerprint density at radius 3 is 2.18 bits per heavy atom. The molecule has 0 aliphatic rings. The fourth-order valence-corrected chi connectivity index (χ4v) is 3.76. The van der Waals surface area contributed by atoms with Gasteiger partial charge < -0.3 is 15.2 Å². The molecule has 0 aromatic heterocycles. The number of halogens is 1. The Bertz CT molecular complexity index is 1360. The molecule has 0 bridgehead atoms. The van der Waals surface area contributed by atoms with Crippen LogP contribution in [0.15, 0.2) is 60.7 Å². The van der Waals surface area contributed by atoms with Gasteiger partial charge in [0.05, 0.1) is 17.4 Å². The van der Waals surface area contributed by atoms with Crippen molar-refractivity contribution in [2.45, 2.75) is 6.92 Å². The number of carbonyl (C=O) groups excluding carboxylic acids is 2. The van der Waals surface area contributed by atoms with E-state index in [1.807, 2.05) is 0 Å². The van der Waals surface area contributed by atoms with Gasteiger partial charge in [-0.3, -0.25) is 10.2 Å². The maximum atomic E-state index is 13.3. The molecule has 0 radical (unpaired) electrons. The van der Waals surface area contributed by atoms with Crippen LogP contribution >= 0.6 is 11.6 Å². The molecule has 0 saturated carbocycles. The molecule has 0 heterocycles. The van der Waals surface area contributed by atoms with Crippen molar-refractivity contribution < 1.29 is 22.2 Å². The molecule has 0 aliphatic carbocycles. The average molecular weight is 486 g/mol. The molecule has 0 fully saturated rings. The smallest absolute Gasteiger partial charge is 0.355 e. The van der Waals surface area contributed by atoms with Crippen LogP contribution in [0.4, 0.5) is 5.69 Å². The topological polar surface area (TPSA) is 139 Å². The Hall–Kier alpha value is -3.69. The first-order valence-electron chi connectivity index (χ1n) is 9.56. The first kappa shape index (κ1) is 24.0. The summed E-state index contributed by atoms with van der Waals surface area (Å²) in [6.45, 7) is 1.54. The van der Waals surface area contributed by atoms with Crippen molar-refractivity contribution in [1.82, 2.24) is 0 Å². The van der Waals surface area contributed by atoms with E-state index in [1.165, 1.54) is 6.07 Å². The van der Waals surface area contributed by atoms with Gasteiger partial charge in [0.15, 0.2) is 0 Å². The lowest BCUT2D eigenvalue weighted by molar-refractivity contribution is 0.0744. The van der Waals surface area contributed by atoms with Crippen LogP contribution in [0.1, 0.15) is 31.8 Å². The second-order valence-electron chi connectivity index (χ2n) is 7.17. The van der Waals surface area contributed by atoms with Crippen molar-refractivity contribution in [2.75, 3.05) is 11.6 Å². The number of nitrogen functional groups attached to an aromatic ring is 1. The molecule has 0 saturated heterocycles. The van der Waals surface area contributed by atoms with E-state index in [9.17, 15) is 18.0 Å². The highest BCUT2D eigenvalue weighted by atomic mass is 35.5. The maximum absolute atomic E-state index is 13.3. The van der Waals surface area contributed by atoms with E-state index >= 15 is 0 Å². The van der Waals surface area contributed by atoms with Crippen molar-refractivity contribution in [3.05, 3.63) is 87.9 Å². The molecule has 1 amide bonds. The number of anilines is 1.